The summed E-state index contributed by atoms with van der Waals surface area (Å²) in [6.07, 6.45) is 3.28. The summed E-state index contributed by atoms with van der Waals surface area (Å²) in [5, 5.41) is 0. The van der Waals surface area contributed by atoms with Crippen LogP contribution in [0, 0.1) is 0 Å². The minimum Gasteiger partial charge on any atom is -0.356 e. The fraction of sp³-hybridized carbons (Fsp3) is 0.292. The predicted octanol–water partition coefficient (Wildman–Crippen LogP) is 6.70. The molecular weight excluding hydrogens is 522 g/mol. The van der Waals surface area contributed by atoms with Crippen molar-refractivity contribution < 1.29 is 12.6 Å². The monoisotopic (exact) mass is 545 g/mol. The number of thiophene rings is 1. The van der Waals surface area contributed by atoms with E-state index < -0.39 is 10.1 Å². The number of halogens is 1. The van der Waals surface area contributed by atoms with Gasteiger partial charge in [-0.2, -0.15) is 13.4 Å². The molecule has 9 heteroatoms. The Balaban J connectivity index is 1.94. The van der Waals surface area contributed by atoms with Crippen LogP contribution in [0.3, 0.4) is 0 Å². The number of rotatable bonds is 5. The predicted molar refractivity (Wildman–Crippen MR) is 135 cm³/mol. The Morgan fingerprint density at radius 1 is 1.03 bits per heavy atom. The first-order valence-electron chi connectivity index (χ1n) is 10.4. The molecule has 0 bridgehead atoms. The average molecular weight is 547 g/mol. The molecule has 0 aliphatic rings. The van der Waals surface area contributed by atoms with Gasteiger partial charge in [0.15, 0.2) is 5.82 Å². The zero-order valence-electron chi connectivity index (χ0n) is 19.0. The van der Waals surface area contributed by atoms with Crippen molar-refractivity contribution in [3.05, 3.63) is 63.7 Å². The molecule has 0 amide bonds. The summed E-state index contributed by atoms with van der Waals surface area (Å²) >= 11 is 5.12. The van der Waals surface area contributed by atoms with Crippen molar-refractivity contribution in [1.82, 2.24) is 15.0 Å². The lowest BCUT2D eigenvalue weighted by Gasteiger charge is -2.16. The van der Waals surface area contributed by atoms with E-state index in [-0.39, 0.29) is 22.1 Å². The summed E-state index contributed by atoms with van der Waals surface area (Å²) in [6.45, 7) is 10.2. The van der Waals surface area contributed by atoms with Crippen molar-refractivity contribution in [3.63, 3.8) is 0 Å². The first-order valence-corrected chi connectivity index (χ1v) is 13.4. The van der Waals surface area contributed by atoms with E-state index in [1.54, 1.807) is 42.7 Å². The smallest absolute Gasteiger partial charge is 0.341 e. The van der Waals surface area contributed by atoms with Crippen LogP contribution < -0.4 is 4.18 Å². The average Bonchev–Trinajstić information content (AvgIpc) is 3.11. The lowest BCUT2D eigenvalue weighted by Crippen LogP contribution is -2.14. The van der Waals surface area contributed by atoms with Gasteiger partial charge in [0.25, 0.3) is 5.88 Å². The van der Waals surface area contributed by atoms with Gasteiger partial charge in [-0.3, -0.25) is 4.98 Å². The molecule has 33 heavy (non-hydrogen) atoms. The lowest BCUT2D eigenvalue weighted by atomic mass is 9.95. The van der Waals surface area contributed by atoms with Crippen molar-refractivity contribution in [2.75, 3.05) is 0 Å². The molecule has 0 N–H and O–H groups in total. The van der Waals surface area contributed by atoms with Crippen molar-refractivity contribution in [3.8, 4) is 17.3 Å². The number of aromatic nitrogens is 3. The van der Waals surface area contributed by atoms with E-state index >= 15 is 0 Å². The van der Waals surface area contributed by atoms with E-state index in [1.165, 1.54) is 11.3 Å². The third kappa shape index (κ3) is 4.67. The molecule has 4 rings (SSSR count). The molecule has 0 unspecified atom stereocenters. The summed E-state index contributed by atoms with van der Waals surface area (Å²) < 4.78 is 33.9. The van der Waals surface area contributed by atoms with Gasteiger partial charge in [-0.1, -0.05) is 52.8 Å². The number of hydrogen-bond acceptors (Lipinski definition) is 7. The van der Waals surface area contributed by atoms with Gasteiger partial charge in [-0.25, -0.2) is 4.98 Å². The highest BCUT2D eigenvalue weighted by Crippen LogP contribution is 2.45. The van der Waals surface area contributed by atoms with Crippen LogP contribution in [0.5, 0.6) is 5.88 Å². The Morgan fingerprint density at radius 2 is 1.70 bits per heavy atom. The summed E-state index contributed by atoms with van der Waals surface area (Å²) in [5.41, 5.74) is 1.85. The number of hydrogen-bond donors (Lipinski definition) is 0. The van der Waals surface area contributed by atoms with Gasteiger partial charge in [-0.05, 0) is 51.0 Å². The zero-order chi connectivity index (χ0) is 24.0. The Hall–Kier alpha value is -2.36. The summed E-state index contributed by atoms with van der Waals surface area (Å²) in [6, 6.07) is 10.4. The van der Waals surface area contributed by atoms with E-state index in [9.17, 15) is 8.42 Å². The normalized spacial score (nSPS) is 12.5. The maximum atomic E-state index is 13.4. The van der Waals surface area contributed by atoms with Crippen LogP contribution >= 0.6 is 27.3 Å². The number of pyridine rings is 1. The molecule has 0 spiro atoms. The van der Waals surface area contributed by atoms with Gasteiger partial charge in [-0.15, -0.1) is 11.3 Å². The molecule has 0 fully saturated rings. The standard InChI is InChI=1S/C24H24BrN3O3S2/c1-14(2)16-8-6-7-9-17(16)33(29,30)31-23-20-19(18(25)21(32-20)24(3,4)5)27-22(28-23)15-10-12-26-13-11-15/h6-14H,1-5H3. The lowest BCUT2D eigenvalue weighted by molar-refractivity contribution is 0.478. The summed E-state index contributed by atoms with van der Waals surface area (Å²) in [4.78, 5) is 14.5. The highest BCUT2D eigenvalue weighted by atomic mass is 79.9. The van der Waals surface area contributed by atoms with Crippen LogP contribution in [-0.2, 0) is 15.5 Å². The van der Waals surface area contributed by atoms with Crippen LogP contribution in [0.2, 0.25) is 0 Å². The van der Waals surface area contributed by atoms with E-state index in [0.29, 0.717) is 27.2 Å². The SMILES string of the molecule is CC(C)c1ccccc1S(=O)(=O)Oc1nc(-c2ccncc2)nc2c(Br)c(C(C)(C)C)sc12. The molecule has 1 aromatic carbocycles. The second kappa shape index (κ2) is 8.77. The summed E-state index contributed by atoms with van der Waals surface area (Å²) in [5.74, 6) is 0.401. The Morgan fingerprint density at radius 3 is 2.33 bits per heavy atom. The topological polar surface area (TPSA) is 82.0 Å². The van der Waals surface area contributed by atoms with Crippen LogP contribution in [0.25, 0.3) is 21.6 Å². The molecule has 3 heterocycles. The molecular formula is C24H24BrN3O3S2. The molecule has 0 aliphatic heterocycles. The number of fused-ring (bicyclic) bond motifs is 1. The molecule has 6 nitrogen and oxygen atoms in total. The third-order valence-corrected chi connectivity index (χ3v) is 8.98. The van der Waals surface area contributed by atoms with Crippen LogP contribution in [-0.4, -0.2) is 23.4 Å². The van der Waals surface area contributed by atoms with Gasteiger partial charge >= 0.3 is 10.1 Å². The van der Waals surface area contributed by atoms with Gasteiger partial charge in [0.2, 0.25) is 0 Å². The number of nitrogens with zero attached hydrogens (tertiary/aromatic N) is 3. The molecule has 0 aliphatic carbocycles. The molecule has 172 valence electrons. The minimum atomic E-state index is -4.13. The van der Waals surface area contributed by atoms with Gasteiger partial charge in [0.1, 0.15) is 15.1 Å². The Kier molecular flexibility index (Phi) is 6.32. The van der Waals surface area contributed by atoms with E-state index in [4.69, 9.17) is 9.17 Å². The van der Waals surface area contributed by atoms with Gasteiger partial charge in [0, 0.05) is 22.8 Å². The first kappa shape index (κ1) is 23.8. The van der Waals surface area contributed by atoms with Crippen molar-refractivity contribution in [2.45, 2.75) is 50.8 Å². The van der Waals surface area contributed by atoms with Crippen LogP contribution in [0.1, 0.15) is 51.0 Å². The molecule has 0 saturated heterocycles. The van der Waals surface area contributed by atoms with Crippen LogP contribution in [0.4, 0.5) is 0 Å². The van der Waals surface area contributed by atoms with E-state index in [1.807, 2.05) is 19.9 Å². The Bertz CT molecular complexity index is 1430. The third-order valence-electron chi connectivity index (χ3n) is 5.06. The first-order chi connectivity index (χ1) is 15.5. The maximum Gasteiger partial charge on any atom is 0.341 e. The number of benzene rings is 1. The zero-order valence-corrected chi connectivity index (χ0v) is 22.2. The molecule has 0 radical (unpaired) electrons. The van der Waals surface area contributed by atoms with Gasteiger partial charge in [0.05, 0.1) is 4.47 Å². The fourth-order valence-corrected chi connectivity index (χ4v) is 7.11. The van der Waals surface area contributed by atoms with Gasteiger partial charge < -0.3 is 4.18 Å². The fourth-order valence-electron chi connectivity index (χ4n) is 3.43. The van der Waals surface area contributed by atoms with E-state index in [2.05, 4.69) is 46.7 Å². The largest absolute Gasteiger partial charge is 0.356 e. The highest BCUT2D eigenvalue weighted by molar-refractivity contribution is 9.10. The van der Waals surface area contributed by atoms with Crippen molar-refractivity contribution >= 4 is 47.6 Å². The molecule has 3 aromatic heterocycles. The van der Waals surface area contributed by atoms with Crippen molar-refractivity contribution in [2.24, 2.45) is 0 Å². The highest BCUT2D eigenvalue weighted by Gasteiger charge is 2.29. The molecule has 0 saturated carbocycles. The minimum absolute atomic E-state index is 0.0146. The van der Waals surface area contributed by atoms with Crippen LogP contribution in [0.15, 0.2) is 58.2 Å². The van der Waals surface area contributed by atoms with Crippen molar-refractivity contribution in [1.29, 1.82) is 0 Å². The second-order valence-electron chi connectivity index (χ2n) is 8.99. The second-order valence-corrected chi connectivity index (χ2v) is 12.3. The molecule has 0 atom stereocenters. The maximum absolute atomic E-state index is 13.4. The summed E-state index contributed by atoms with van der Waals surface area (Å²) in [7, 11) is -4.13. The quantitative estimate of drug-likeness (QED) is 0.259. The Labute approximate surface area is 206 Å². The molecule has 4 aromatic rings. The van der Waals surface area contributed by atoms with E-state index in [0.717, 1.165) is 9.35 Å².